The first kappa shape index (κ1) is 28.9. The lowest BCUT2D eigenvalue weighted by Crippen LogP contribution is -2.61. The van der Waals surface area contributed by atoms with Crippen LogP contribution >= 0.6 is 0 Å². The highest BCUT2D eigenvalue weighted by Gasteiger charge is 2.67. The van der Waals surface area contributed by atoms with Crippen molar-refractivity contribution >= 4 is 11.9 Å². The van der Waals surface area contributed by atoms with E-state index < -0.39 is 6.10 Å². The Balaban J connectivity index is 1.69. The molecule has 0 saturated heterocycles. The fourth-order valence-corrected chi connectivity index (χ4v) is 10.2. The smallest absolute Gasteiger partial charge is 0.302 e. The minimum atomic E-state index is -0.433. The van der Waals surface area contributed by atoms with Gasteiger partial charge in [0.05, 0.1) is 12.2 Å². The number of esters is 1. The van der Waals surface area contributed by atoms with E-state index in [0.717, 1.165) is 51.4 Å². The summed E-state index contributed by atoms with van der Waals surface area (Å²) in [5.41, 5.74) is -0.0896. The van der Waals surface area contributed by atoms with Crippen LogP contribution in [0.1, 0.15) is 99.3 Å². The van der Waals surface area contributed by atoms with Gasteiger partial charge in [-0.1, -0.05) is 47.5 Å². The van der Waals surface area contributed by atoms with Crippen LogP contribution < -0.4 is 5.32 Å². The molecule has 1 amide bonds. The van der Waals surface area contributed by atoms with E-state index in [1.165, 1.54) is 6.92 Å². The van der Waals surface area contributed by atoms with Gasteiger partial charge in [0.2, 0.25) is 5.91 Å². The number of hydrogen-bond acceptors (Lipinski definition) is 5. The van der Waals surface area contributed by atoms with Crippen LogP contribution in [0.4, 0.5) is 0 Å². The molecule has 37 heavy (non-hydrogen) atoms. The predicted octanol–water partition coefficient (Wildman–Crippen LogP) is 4.95. The van der Waals surface area contributed by atoms with Gasteiger partial charge in [0.1, 0.15) is 6.10 Å². The minimum absolute atomic E-state index is 0.00142. The fourth-order valence-electron chi connectivity index (χ4n) is 10.2. The third-order valence-corrected chi connectivity index (χ3v) is 11.9. The highest BCUT2D eigenvalue weighted by molar-refractivity contribution is 5.79. The summed E-state index contributed by atoms with van der Waals surface area (Å²) < 4.78 is 6.03. The van der Waals surface area contributed by atoms with E-state index in [-0.39, 0.29) is 64.5 Å². The normalized spacial score (nSPS) is 45.9. The summed E-state index contributed by atoms with van der Waals surface area (Å²) in [6.07, 6.45) is 7.14. The molecule has 0 aromatic rings. The Labute approximate surface area is 224 Å². The van der Waals surface area contributed by atoms with Crippen molar-refractivity contribution in [2.24, 2.45) is 58.2 Å². The van der Waals surface area contributed by atoms with Crippen LogP contribution in [0, 0.1) is 58.2 Å². The number of ether oxygens (including phenoxy) is 1. The monoisotopic (exact) mass is 519 g/mol. The zero-order valence-electron chi connectivity index (χ0n) is 24.3. The Morgan fingerprint density at radius 1 is 1.00 bits per heavy atom. The number of hydrogen-bond donors (Lipinski definition) is 3. The largest absolute Gasteiger partial charge is 0.462 e. The first-order valence-corrected chi connectivity index (χ1v) is 15.1. The van der Waals surface area contributed by atoms with Gasteiger partial charge in [-0.15, -0.1) is 0 Å². The standard InChI is InChI=1S/C31H53NO5/c1-17(2)9-8-10-20(29(36)32-7)27-23-15-25(35)28-22(31(23,6)16-26(27)37-19(4)33)12-11-21-18(3)24(34)13-14-30(21,28)5/h17-18,20-28,34-35H,8-16H2,1-7H3,(H,32,36)/t18?,20?,21?,22-,23?,24+,25+,26-,27?,28-,30-,31+/m0/s1. The van der Waals surface area contributed by atoms with Crippen molar-refractivity contribution in [2.75, 3.05) is 7.05 Å². The maximum Gasteiger partial charge on any atom is 0.302 e. The van der Waals surface area contributed by atoms with Gasteiger partial charge >= 0.3 is 5.97 Å². The summed E-state index contributed by atoms with van der Waals surface area (Å²) in [4.78, 5) is 25.6. The predicted molar refractivity (Wildman–Crippen MR) is 144 cm³/mol. The van der Waals surface area contributed by atoms with Gasteiger partial charge in [0.25, 0.3) is 0 Å². The number of aliphatic hydroxyl groups is 2. The third kappa shape index (κ3) is 4.99. The molecule has 6 nitrogen and oxygen atoms in total. The molecule has 0 aromatic heterocycles. The molecule has 4 aliphatic rings. The molecule has 0 spiro atoms. The molecule has 6 heteroatoms. The molecular formula is C31H53NO5. The van der Waals surface area contributed by atoms with Gasteiger partial charge in [0, 0.05) is 25.8 Å². The summed E-state index contributed by atoms with van der Waals surface area (Å²) in [6, 6.07) is 0. The maximum atomic E-state index is 13.3. The Kier molecular flexibility index (Phi) is 8.42. The SMILES string of the molecule is CNC(=O)C(CCCC(C)C)C1C2C[C@@H](O)[C@@H]3[C@H](CCC4C(C)[C@H](O)CC[C@@]43C)[C@@]2(C)C[C@@H]1OC(C)=O. The lowest BCUT2D eigenvalue weighted by molar-refractivity contribution is -0.197. The average molecular weight is 520 g/mol. The molecule has 0 aromatic carbocycles. The molecule has 0 heterocycles. The van der Waals surface area contributed by atoms with Gasteiger partial charge in [-0.05, 0) is 91.3 Å². The van der Waals surface area contributed by atoms with Crippen molar-refractivity contribution in [1.82, 2.24) is 5.32 Å². The summed E-state index contributed by atoms with van der Waals surface area (Å²) in [5, 5.41) is 25.4. The summed E-state index contributed by atoms with van der Waals surface area (Å²) >= 11 is 0. The van der Waals surface area contributed by atoms with Crippen molar-refractivity contribution in [3.05, 3.63) is 0 Å². The van der Waals surface area contributed by atoms with Gasteiger partial charge in [-0.25, -0.2) is 0 Å². The second-order valence-corrected chi connectivity index (χ2v) is 14.2. The zero-order valence-corrected chi connectivity index (χ0v) is 24.3. The zero-order chi connectivity index (χ0) is 27.3. The van der Waals surface area contributed by atoms with Crippen LogP contribution in [-0.2, 0) is 14.3 Å². The molecule has 5 unspecified atom stereocenters. The fraction of sp³-hybridized carbons (Fsp3) is 0.935. The number of aliphatic hydroxyl groups excluding tert-OH is 2. The van der Waals surface area contributed by atoms with E-state index in [1.807, 2.05) is 0 Å². The highest BCUT2D eigenvalue weighted by atomic mass is 16.5. The minimum Gasteiger partial charge on any atom is -0.462 e. The number of rotatable bonds is 7. The quantitative estimate of drug-likeness (QED) is 0.414. The lowest BCUT2D eigenvalue weighted by atomic mass is 9.41. The van der Waals surface area contributed by atoms with Crippen LogP contribution in [0.5, 0.6) is 0 Å². The summed E-state index contributed by atoms with van der Waals surface area (Å²) in [6.45, 7) is 12.8. The van der Waals surface area contributed by atoms with Crippen LogP contribution in [0.3, 0.4) is 0 Å². The first-order chi connectivity index (χ1) is 17.3. The third-order valence-electron chi connectivity index (χ3n) is 11.9. The molecule has 4 aliphatic carbocycles. The van der Waals surface area contributed by atoms with Gasteiger partial charge in [-0.2, -0.15) is 0 Å². The molecule has 12 atom stereocenters. The number of fused-ring (bicyclic) bond motifs is 5. The van der Waals surface area contributed by atoms with Crippen LogP contribution in [-0.4, -0.2) is 47.4 Å². The van der Waals surface area contributed by atoms with E-state index in [0.29, 0.717) is 24.2 Å². The molecule has 0 radical (unpaired) electrons. The average Bonchev–Trinajstić information content (AvgIpc) is 3.09. The lowest BCUT2D eigenvalue weighted by Gasteiger charge is -2.64. The molecule has 3 N–H and O–H groups in total. The molecule has 0 aliphatic heterocycles. The van der Waals surface area contributed by atoms with Crippen molar-refractivity contribution in [2.45, 2.75) is 118 Å². The van der Waals surface area contributed by atoms with Crippen LogP contribution in [0.25, 0.3) is 0 Å². The topological polar surface area (TPSA) is 95.9 Å². The van der Waals surface area contributed by atoms with Crippen LogP contribution in [0.2, 0.25) is 0 Å². The second kappa shape index (κ2) is 10.8. The van der Waals surface area contributed by atoms with Gasteiger partial charge in [0.15, 0.2) is 0 Å². The van der Waals surface area contributed by atoms with Crippen LogP contribution in [0.15, 0.2) is 0 Å². The Morgan fingerprint density at radius 3 is 2.30 bits per heavy atom. The Hall–Kier alpha value is -1.14. The van der Waals surface area contributed by atoms with Crippen molar-refractivity contribution in [3.63, 3.8) is 0 Å². The number of amides is 1. The van der Waals surface area contributed by atoms with Crippen molar-refractivity contribution < 1.29 is 24.5 Å². The van der Waals surface area contributed by atoms with E-state index in [9.17, 15) is 19.8 Å². The van der Waals surface area contributed by atoms with Gasteiger partial charge in [-0.3, -0.25) is 9.59 Å². The van der Waals surface area contributed by atoms with Crippen molar-refractivity contribution in [3.8, 4) is 0 Å². The number of nitrogens with one attached hydrogen (secondary N) is 1. The summed E-state index contributed by atoms with van der Waals surface area (Å²) in [7, 11) is 1.71. The maximum absolute atomic E-state index is 13.3. The number of carbonyl (C=O) groups is 2. The van der Waals surface area contributed by atoms with Gasteiger partial charge < -0.3 is 20.3 Å². The molecule has 4 rings (SSSR count). The van der Waals surface area contributed by atoms with E-state index >= 15 is 0 Å². The number of carbonyl (C=O) groups excluding carboxylic acids is 2. The Bertz CT molecular complexity index is 845. The van der Waals surface area contributed by atoms with Crippen molar-refractivity contribution in [1.29, 1.82) is 0 Å². The van der Waals surface area contributed by atoms with E-state index in [1.54, 1.807) is 7.05 Å². The Morgan fingerprint density at radius 2 is 1.68 bits per heavy atom. The first-order valence-electron chi connectivity index (χ1n) is 15.1. The molecule has 4 saturated carbocycles. The second-order valence-electron chi connectivity index (χ2n) is 14.2. The molecule has 212 valence electrons. The summed E-state index contributed by atoms with van der Waals surface area (Å²) in [5.74, 6) is 1.36. The highest BCUT2D eigenvalue weighted by Crippen LogP contribution is 2.69. The van der Waals surface area contributed by atoms with E-state index in [4.69, 9.17) is 4.74 Å². The molecule has 4 fully saturated rings. The molecule has 0 bridgehead atoms. The van der Waals surface area contributed by atoms with E-state index in [2.05, 4.69) is 39.9 Å². The molecular weight excluding hydrogens is 466 g/mol.